The van der Waals surface area contributed by atoms with E-state index >= 15 is 0 Å². The summed E-state index contributed by atoms with van der Waals surface area (Å²) in [5.74, 6) is -0.160. The largest absolute Gasteiger partial charge is 0.416 e. The number of amides is 1. The van der Waals surface area contributed by atoms with Crippen LogP contribution in [-0.2, 0) is 10.9 Å². The number of hydrogen-bond donors (Lipinski definition) is 1. The average Bonchev–Trinajstić information content (AvgIpc) is 2.61. The number of rotatable bonds is 3. The van der Waals surface area contributed by atoms with Gasteiger partial charge < -0.3 is 15.4 Å². The first kappa shape index (κ1) is 18.5. The second-order valence-electron chi connectivity index (χ2n) is 5.82. The molecular formula is C17H15ClF3N3O2. The molecule has 138 valence electrons. The highest BCUT2D eigenvalue weighted by atomic mass is 35.5. The Morgan fingerprint density at radius 3 is 2.58 bits per heavy atom. The lowest BCUT2D eigenvalue weighted by molar-refractivity contribution is -0.137. The Morgan fingerprint density at radius 2 is 2.00 bits per heavy atom. The Hall–Kier alpha value is -2.32. The SMILES string of the molecule is NC(=O)c1cnc(N2CCOC(c3ccc(C(F)(F)F)cc3)C2)c(Cl)c1. The standard InChI is InChI=1S/C17H15ClF3N3O2/c18-13-7-11(15(22)25)8-23-16(13)24-5-6-26-14(9-24)10-1-3-12(4-2-10)17(19,20)21/h1-4,7-8,14H,5-6,9H2,(H2,22,25). The van der Waals surface area contributed by atoms with Crippen LogP contribution in [0.4, 0.5) is 19.0 Å². The van der Waals surface area contributed by atoms with Crippen LogP contribution in [0.25, 0.3) is 0 Å². The molecule has 5 nitrogen and oxygen atoms in total. The number of pyridine rings is 1. The van der Waals surface area contributed by atoms with Crippen LogP contribution in [-0.4, -0.2) is 30.6 Å². The van der Waals surface area contributed by atoms with Crippen molar-refractivity contribution in [2.45, 2.75) is 12.3 Å². The molecule has 0 bridgehead atoms. The lowest BCUT2D eigenvalue weighted by Crippen LogP contribution is -2.39. The van der Waals surface area contributed by atoms with Crippen LogP contribution >= 0.6 is 11.6 Å². The first-order chi connectivity index (χ1) is 12.3. The zero-order valence-electron chi connectivity index (χ0n) is 13.5. The predicted octanol–water partition coefficient (Wildman–Crippen LogP) is 3.43. The second-order valence-corrected chi connectivity index (χ2v) is 6.23. The molecule has 1 amide bonds. The van der Waals surface area contributed by atoms with Gasteiger partial charge in [-0.25, -0.2) is 4.98 Å². The predicted molar refractivity (Wildman–Crippen MR) is 90.1 cm³/mol. The molecule has 3 rings (SSSR count). The Bertz CT molecular complexity index is 812. The number of hydrogen-bond acceptors (Lipinski definition) is 4. The monoisotopic (exact) mass is 385 g/mol. The third-order valence-corrected chi connectivity index (χ3v) is 4.36. The van der Waals surface area contributed by atoms with Crippen LogP contribution < -0.4 is 10.6 Å². The molecule has 0 saturated carbocycles. The van der Waals surface area contributed by atoms with Crippen molar-refractivity contribution < 1.29 is 22.7 Å². The summed E-state index contributed by atoms with van der Waals surface area (Å²) in [5, 5.41) is 0.273. The summed E-state index contributed by atoms with van der Waals surface area (Å²) in [6, 6.07) is 6.31. The van der Waals surface area contributed by atoms with E-state index in [0.29, 0.717) is 31.1 Å². The van der Waals surface area contributed by atoms with Crippen LogP contribution in [0.15, 0.2) is 36.5 Å². The average molecular weight is 386 g/mol. The van der Waals surface area contributed by atoms with Crippen molar-refractivity contribution in [2.75, 3.05) is 24.6 Å². The molecule has 2 heterocycles. The number of alkyl halides is 3. The van der Waals surface area contributed by atoms with Gasteiger partial charge in [0.05, 0.1) is 22.8 Å². The highest BCUT2D eigenvalue weighted by Crippen LogP contribution is 2.33. The van der Waals surface area contributed by atoms with Gasteiger partial charge in [-0.05, 0) is 23.8 Å². The van der Waals surface area contributed by atoms with E-state index in [1.807, 2.05) is 4.90 Å². The maximum absolute atomic E-state index is 12.7. The van der Waals surface area contributed by atoms with Crippen molar-refractivity contribution in [3.63, 3.8) is 0 Å². The van der Waals surface area contributed by atoms with Crippen molar-refractivity contribution in [3.8, 4) is 0 Å². The summed E-state index contributed by atoms with van der Waals surface area (Å²) < 4.78 is 43.7. The molecule has 1 aromatic heterocycles. The Labute approximate surface area is 152 Å². The molecule has 0 spiro atoms. The fourth-order valence-electron chi connectivity index (χ4n) is 2.73. The van der Waals surface area contributed by atoms with Crippen LogP contribution in [0.2, 0.25) is 5.02 Å². The number of carbonyl (C=O) groups is 1. The number of carbonyl (C=O) groups excluding carboxylic acids is 1. The first-order valence-electron chi connectivity index (χ1n) is 7.75. The fourth-order valence-corrected chi connectivity index (χ4v) is 3.01. The van der Waals surface area contributed by atoms with Crippen LogP contribution in [0, 0.1) is 0 Å². The van der Waals surface area contributed by atoms with Crippen molar-refractivity contribution in [2.24, 2.45) is 5.73 Å². The maximum atomic E-state index is 12.7. The normalized spacial score (nSPS) is 18.0. The minimum atomic E-state index is -4.38. The van der Waals surface area contributed by atoms with E-state index in [1.54, 1.807) is 0 Å². The fraction of sp³-hybridized carbons (Fsp3) is 0.294. The third-order valence-electron chi connectivity index (χ3n) is 4.08. The molecule has 0 radical (unpaired) electrons. The number of nitrogens with zero attached hydrogens (tertiary/aromatic N) is 2. The number of nitrogens with two attached hydrogens (primary N) is 1. The minimum absolute atomic E-state index is 0.200. The van der Waals surface area contributed by atoms with Gasteiger partial charge in [0.1, 0.15) is 11.9 Å². The van der Waals surface area contributed by atoms with E-state index in [0.717, 1.165) is 12.1 Å². The van der Waals surface area contributed by atoms with Gasteiger partial charge >= 0.3 is 6.18 Å². The number of ether oxygens (including phenoxy) is 1. The molecule has 1 aromatic carbocycles. The second kappa shape index (κ2) is 7.13. The van der Waals surface area contributed by atoms with Gasteiger partial charge in [0.15, 0.2) is 0 Å². The zero-order valence-corrected chi connectivity index (χ0v) is 14.2. The summed E-state index contributed by atoms with van der Waals surface area (Å²) in [4.78, 5) is 17.2. The molecular weight excluding hydrogens is 371 g/mol. The first-order valence-corrected chi connectivity index (χ1v) is 8.12. The molecule has 1 aliphatic rings. The molecule has 9 heteroatoms. The number of halogens is 4. The van der Waals surface area contributed by atoms with Gasteiger partial charge in [0, 0.05) is 19.3 Å². The molecule has 2 N–H and O–H groups in total. The van der Waals surface area contributed by atoms with Gasteiger partial charge in [-0.2, -0.15) is 13.2 Å². The van der Waals surface area contributed by atoms with Crippen molar-refractivity contribution in [3.05, 3.63) is 58.2 Å². The summed E-state index contributed by atoms with van der Waals surface area (Å²) >= 11 is 6.19. The van der Waals surface area contributed by atoms with Crippen LogP contribution in [0.3, 0.4) is 0 Å². The molecule has 1 unspecified atom stereocenters. The highest BCUT2D eigenvalue weighted by Gasteiger charge is 2.31. The molecule has 0 aliphatic carbocycles. The van der Waals surface area contributed by atoms with Crippen molar-refractivity contribution in [1.82, 2.24) is 4.98 Å². The van der Waals surface area contributed by atoms with Gasteiger partial charge in [0.25, 0.3) is 0 Å². The smallest absolute Gasteiger partial charge is 0.370 e. The topological polar surface area (TPSA) is 68.5 Å². The number of primary amides is 1. The molecule has 1 aliphatic heterocycles. The molecule has 1 saturated heterocycles. The molecule has 2 aromatic rings. The Balaban J connectivity index is 1.78. The van der Waals surface area contributed by atoms with E-state index in [9.17, 15) is 18.0 Å². The number of anilines is 1. The summed E-state index contributed by atoms with van der Waals surface area (Å²) in [7, 11) is 0. The minimum Gasteiger partial charge on any atom is -0.370 e. The summed E-state index contributed by atoms with van der Waals surface area (Å²) in [6.07, 6.45) is -3.45. The Morgan fingerprint density at radius 1 is 1.31 bits per heavy atom. The van der Waals surface area contributed by atoms with Gasteiger partial charge in [-0.15, -0.1) is 0 Å². The number of benzene rings is 1. The van der Waals surface area contributed by atoms with E-state index in [1.165, 1.54) is 24.4 Å². The maximum Gasteiger partial charge on any atom is 0.416 e. The number of morpholine rings is 1. The van der Waals surface area contributed by atoms with Gasteiger partial charge in [0.2, 0.25) is 5.91 Å². The van der Waals surface area contributed by atoms with Crippen LogP contribution in [0.5, 0.6) is 0 Å². The third kappa shape index (κ3) is 3.91. The summed E-state index contributed by atoms with van der Waals surface area (Å²) in [5.41, 5.74) is 5.33. The van der Waals surface area contributed by atoms with Crippen LogP contribution in [0.1, 0.15) is 27.6 Å². The molecule has 1 fully saturated rings. The number of aromatic nitrogens is 1. The van der Waals surface area contributed by atoms with Gasteiger partial charge in [-0.3, -0.25) is 4.79 Å². The molecule has 1 atom stereocenters. The van der Waals surface area contributed by atoms with Crippen molar-refractivity contribution in [1.29, 1.82) is 0 Å². The lowest BCUT2D eigenvalue weighted by Gasteiger charge is -2.34. The van der Waals surface area contributed by atoms with Gasteiger partial charge in [-0.1, -0.05) is 23.7 Å². The lowest BCUT2D eigenvalue weighted by atomic mass is 10.1. The summed E-state index contributed by atoms with van der Waals surface area (Å²) in [6.45, 7) is 1.25. The quantitative estimate of drug-likeness (QED) is 0.879. The van der Waals surface area contributed by atoms with E-state index < -0.39 is 23.8 Å². The highest BCUT2D eigenvalue weighted by molar-refractivity contribution is 6.33. The zero-order chi connectivity index (χ0) is 18.9. The van der Waals surface area contributed by atoms with E-state index in [-0.39, 0.29) is 10.6 Å². The van der Waals surface area contributed by atoms with Crippen molar-refractivity contribution >= 4 is 23.3 Å². The Kier molecular flexibility index (Phi) is 5.06. The van der Waals surface area contributed by atoms with E-state index in [4.69, 9.17) is 22.1 Å². The molecule has 26 heavy (non-hydrogen) atoms. The van der Waals surface area contributed by atoms with E-state index in [2.05, 4.69) is 4.98 Å².